The van der Waals surface area contributed by atoms with Gasteiger partial charge < -0.3 is 5.32 Å². The number of amides is 1. The number of nitrogens with one attached hydrogen (secondary N) is 1. The molecule has 3 heteroatoms. The average molecular weight is 228 g/mol. The number of carbonyl (C=O) groups excluding carboxylic acids is 1. The number of carbonyl (C=O) groups is 1. The SMILES string of the molecule is CC1NC(=O)C(C#N)C(c2ccccc2)C1C. The summed E-state index contributed by atoms with van der Waals surface area (Å²) in [5.74, 6) is -0.472. The minimum absolute atomic E-state index is 0.00931. The lowest BCUT2D eigenvalue weighted by molar-refractivity contribution is -0.127. The fraction of sp³-hybridized carbons (Fsp3) is 0.429. The first kappa shape index (κ1) is 11.7. The van der Waals surface area contributed by atoms with E-state index in [0.29, 0.717) is 0 Å². The predicted molar refractivity (Wildman–Crippen MR) is 65.1 cm³/mol. The van der Waals surface area contributed by atoms with Crippen molar-refractivity contribution in [3.8, 4) is 6.07 Å². The first-order valence-electron chi connectivity index (χ1n) is 5.90. The maximum Gasteiger partial charge on any atom is 0.238 e. The Morgan fingerprint density at radius 3 is 2.47 bits per heavy atom. The number of rotatable bonds is 1. The van der Waals surface area contributed by atoms with Crippen molar-refractivity contribution < 1.29 is 4.79 Å². The van der Waals surface area contributed by atoms with Gasteiger partial charge in [0.05, 0.1) is 6.07 Å². The molecule has 1 aromatic rings. The van der Waals surface area contributed by atoms with Crippen molar-refractivity contribution in [1.82, 2.24) is 5.32 Å². The Morgan fingerprint density at radius 2 is 1.88 bits per heavy atom. The first-order chi connectivity index (χ1) is 8.15. The van der Waals surface area contributed by atoms with Crippen LogP contribution in [0.5, 0.6) is 0 Å². The molecule has 1 aliphatic heterocycles. The van der Waals surface area contributed by atoms with Gasteiger partial charge in [0.15, 0.2) is 0 Å². The van der Waals surface area contributed by atoms with E-state index in [9.17, 15) is 10.1 Å². The summed E-state index contributed by atoms with van der Waals surface area (Å²) < 4.78 is 0. The second-order valence-electron chi connectivity index (χ2n) is 4.70. The third-order valence-electron chi connectivity index (χ3n) is 3.69. The summed E-state index contributed by atoms with van der Waals surface area (Å²) in [5.41, 5.74) is 1.08. The lowest BCUT2D eigenvalue weighted by Crippen LogP contribution is -2.50. The van der Waals surface area contributed by atoms with Gasteiger partial charge >= 0.3 is 0 Å². The lowest BCUT2D eigenvalue weighted by atomic mass is 9.72. The van der Waals surface area contributed by atoms with Gasteiger partial charge in [0.25, 0.3) is 0 Å². The van der Waals surface area contributed by atoms with Crippen LogP contribution in [0.2, 0.25) is 0 Å². The van der Waals surface area contributed by atoms with Crippen molar-refractivity contribution in [2.75, 3.05) is 0 Å². The van der Waals surface area contributed by atoms with Crippen LogP contribution in [0, 0.1) is 23.2 Å². The van der Waals surface area contributed by atoms with E-state index in [4.69, 9.17) is 0 Å². The van der Waals surface area contributed by atoms with Crippen LogP contribution in [0.4, 0.5) is 0 Å². The number of piperidine rings is 1. The molecule has 2 rings (SSSR count). The summed E-state index contributed by atoms with van der Waals surface area (Å²) in [5, 5.41) is 12.1. The van der Waals surface area contributed by atoms with Gasteiger partial charge in [-0.05, 0) is 18.4 Å². The van der Waals surface area contributed by atoms with Gasteiger partial charge in [-0.3, -0.25) is 4.79 Å². The highest BCUT2D eigenvalue weighted by Crippen LogP contribution is 2.37. The highest BCUT2D eigenvalue weighted by Gasteiger charge is 2.40. The topological polar surface area (TPSA) is 52.9 Å². The molecule has 1 saturated heterocycles. The number of hydrogen-bond donors (Lipinski definition) is 1. The Balaban J connectivity index is 2.40. The van der Waals surface area contributed by atoms with Gasteiger partial charge in [0.1, 0.15) is 5.92 Å². The molecule has 4 atom stereocenters. The smallest absolute Gasteiger partial charge is 0.238 e. The summed E-state index contributed by atoms with van der Waals surface area (Å²) >= 11 is 0. The summed E-state index contributed by atoms with van der Waals surface area (Å²) in [4.78, 5) is 11.8. The Morgan fingerprint density at radius 1 is 1.24 bits per heavy atom. The monoisotopic (exact) mass is 228 g/mol. The lowest BCUT2D eigenvalue weighted by Gasteiger charge is -2.37. The zero-order valence-electron chi connectivity index (χ0n) is 10.1. The van der Waals surface area contributed by atoms with Gasteiger partial charge in [-0.15, -0.1) is 0 Å². The van der Waals surface area contributed by atoms with Crippen molar-refractivity contribution in [1.29, 1.82) is 5.26 Å². The molecule has 17 heavy (non-hydrogen) atoms. The van der Waals surface area contributed by atoms with Gasteiger partial charge in [0, 0.05) is 12.0 Å². The van der Waals surface area contributed by atoms with E-state index in [-0.39, 0.29) is 23.8 Å². The summed E-state index contributed by atoms with van der Waals surface area (Å²) in [6.07, 6.45) is 0. The molecule has 0 aliphatic carbocycles. The molecule has 0 spiro atoms. The Bertz CT molecular complexity index is 449. The van der Waals surface area contributed by atoms with E-state index in [0.717, 1.165) is 5.56 Å². The molecule has 1 aromatic carbocycles. The molecular weight excluding hydrogens is 212 g/mol. The van der Waals surface area contributed by atoms with Crippen molar-refractivity contribution in [3.05, 3.63) is 35.9 Å². The Kier molecular flexibility index (Phi) is 3.14. The number of hydrogen-bond acceptors (Lipinski definition) is 2. The highest BCUT2D eigenvalue weighted by atomic mass is 16.2. The van der Waals surface area contributed by atoms with Crippen LogP contribution in [0.15, 0.2) is 30.3 Å². The Hall–Kier alpha value is -1.82. The largest absolute Gasteiger partial charge is 0.352 e. The van der Waals surface area contributed by atoms with Crippen LogP contribution in [0.25, 0.3) is 0 Å². The van der Waals surface area contributed by atoms with Gasteiger partial charge in [-0.1, -0.05) is 37.3 Å². The Labute approximate surface area is 101 Å². The van der Waals surface area contributed by atoms with E-state index in [1.807, 2.05) is 37.3 Å². The molecule has 88 valence electrons. The third kappa shape index (κ3) is 2.03. The minimum Gasteiger partial charge on any atom is -0.352 e. The number of benzene rings is 1. The normalized spacial score (nSPS) is 32.6. The van der Waals surface area contributed by atoms with Crippen LogP contribution < -0.4 is 5.32 Å². The van der Waals surface area contributed by atoms with Crippen LogP contribution in [0.1, 0.15) is 25.3 Å². The second kappa shape index (κ2) is 4.58. The van der Waals surface area contributed by atoms with Crippen LogP contribution in [-0.2, 0) is 4.79 Å². The maximum atomic E-state index is 11.8. The summed E-state index contributed by atoms with van der Waals surface area (Å²) in [7, 11) is 0. The fourth-order valence-electron chi connectivity index (χ4n) is 2.53. The predicted octanol–water partition coefficient (Wildman–Crippen LogP) is 2.06. The van der Waals surface area contributed by atoms with Gasteiger partial charge in [0.2, 0.25) is 5.91 Å². The van der Waals surface area contributed by atoms with Crippen molar-refractivity contribution in [3.63, 3.8) is 0 Å². The molecule has 3 nitrogen and oxygen atoms in total. The molecular formula is C14H16N2O. The van der Waals surface area contributed by atoms with Gasteiger partial charge in [-0.2, -0.15) is 5.26 Å². The molecule has 1 fully saturated rings. The van der Waals surface area contributed by atoms with E-state index in [1.165, 1.54) is 0 Å². The number of nitrogens with zero attached hydrogens (tertiary/aromatic N) is 1. The minimum atomic E-state index is -0.580. The van der Waals surface area contributed by atoms with E-state index < -0.39 is 5.92 Å². The van der Waals surface area contributed by atoms with E-state index >= 15 is 0 Å². The molecule has 4 unspecified atom stereocenters. The van der Waals surface area contributed by atoms with Crippen LogP contribution in [0.3, 0.4) is 0 Å². The molecule has 0 bridgehead atoms. The second-order valence-corrected chi connectivity index (χ2v) is 4.70. The quantitative estimate of drug-likeness (QED) is 0.800. The zero-order chi connectivity index (χ0) is 12.4. The zero-order valence-corrected chi connectivity index (χ0v) is 10.1. The van der Waals surface area contributed by atoms with Crippen molar-refractivity contribution >= 4 is 5.91 Å². The van der Waals surface area contributed by atoms with Crippen molar-refractivity contribution in [2.45, 2.75) is 25.8 Å². The standard InChI is InChI=1S/C14H16N2O/c1-9-10(2)16-14(17)12(8-15)13(9)11-6-4-3-5-7-11/h3-7,9-10,12-13H,1-2H3,(H,16,17). The van der Waals surface area contributed by atoms with Crippen LogP contribution >= 0.6 is 0 Å². The van der Waals surface area contributed by atoms with Crippen molar-refractivity contribution in [2.24, 2.45) is 11.8 Å². The fourth-order valence-corrected chi connectivity index (χ4v) is 2.53. The molecule has 1 N–H and O–H groups in total. The molecule has 1 aliphatic rings. The highest BCUT2D eigenvalue weighted by molar-refractivity contribution is 5.83. The third-order valence-corrected chi connectivity index (χ3v) is 3.69. The summed E-state index contributed by atoms with van der Waals surface area (Å²) in [6.45, 7) is 4.08. The van der Waals surface area contributed by atoms with E-state index in [2.05, 4.69) is 18.3 Å². The molecule has 0 saturated carbocycles. The summed E-state index contributed by atoms with van der Waals surface area (Å²) in [6, 6.07) is 12.1. The molecule has 1 heterocycles. The number of nitriles is 1. The first-order valence-corrected chi connectivity index (χ1v) is 5.90. The molecule has 0 aromatic heterocycles. The maximum absolute atomic E-state index is 11.8. The van der Waals surface area contributed by atoms with Crippen LogP contribution in [-0.4, -0.2) is 11.9 Å². The van der Waals surface area contributed by atoms with Gasteiger partial charge in [-0.25, -0.2) is 0 Å². The van der Waals surface area contributed by atoms with E-state index in [1.54, 1.807) is 0 Å². The molecule has 1 amide bonds. The average Bonchev–Trinajstić information content (AvgIpc) is 2.34. The molecule has 0 radical (unpaired) electrons.